The number of rotatable bonds is 4. The summed E-state index contributed by atoms with van der Waals surface area (Å²) in [6, 6.07) is 44.7. The lowest BCUT2D eigenvalue weighted by Crippen LogP contribution is -1.91. The van der Waals surface area contributed by atoms with Gasteiger partial charge in [-0.2, -0.15) is 0 Å². The lowest BCUT2D eigenvalue weighted by atomic mass is 9.86. The van der Waals surface area contributed by atoms with Crippen LogP contribution in [0.4, 0.5) is 0 Å². The minimum Gasteiger partial charge on any atom is -0.295 e. The molecule has 0 unspecified atom stereocenters. The van der Waals surface area contributed by atoms with Crippen LogP contribution in [-0.4, -0.2) is 5.78 Å². The molecule has 0 saturated heterocycles. The summed E-state index contributed by atoms with van der Waals surface area (Å²) in [5, 5.41) is 5.03. The zero-order chi connectivity index (χ0) is 23.8. The third-order valence-corrected chi connectivity index (χ3v) is 6.79. The predicted molar refractivity (Wildman–Crippen MR) is 148 cm³/mol. The van der Waals surface area contributed by atoms with Crippen LogP contribution in [0, 0.1) is 0 Å². The second-order valence-electron chi connectivity index (χ2n) is 8.92. The quantitative estimate of drug-likeness (QED) is 0.194. The highest BCUT2D eigenvalue weighted by Gasteiger charge is 2.16. The van der Waals surface area contributed by atoms with Crippen LogP contribution >= 0.6 is 0 Å². The van der Waals surface area contributed by atoms with Crippen molar-refractivity contribution >= 4 is 27.3 Å². The normalized spacial score (nSPS) is 11.1. The van der Waals surface area contributed by atoms with Gasteiger partial charge in [-0.15, -0.1) is 0 Å². The average Bonchev–Trinajstić information content (AvgIpc) is 2.92. The molecular weight excluding hydrogens is 424 g/mol. The lowest BCUT2D eigenvalue weighted by molar-refractivity contribution is 0.101. The molecule has 0 amide bonds. The van der Waals surface area contributed by atoms with Gasteiger partial charge in [-0.25, -0.2) is 0 Å². The van der Waals surface area contributed by atoms with E-state index in [1.165, 1.54) is 43.8 Å². The van der Waals surface area contributed by atoms with E-state index in [0.717, 1.165) is 16.7 Å². The molecule has 6 aromatic rings. The topological polar surface area (TPSA) is 17.1 Å². The zero-order valence-electron chi connectivity index (χ0n) is 19.5. The van der Waals surface area contributed by atoms with E-state index in [0.29, 0.717) is 0 Å². The van der Waals surface area contributed by atoms with Gasteiger partial charge in [0.2, 0.25) is 0 Å². The number of benzene rings is 6. The highest BCUT2D eigenvalue weighted by atomic mass is 16.1. The number of fused-ring (bicyclic) bond motifs is 2. The van der Waals surface area contributed by atoms with Crippen LogP contribution in [-0.2, 0) is 0 Å². The first-order chi connectivity index (χ1) is 17.2. The van der Waals surface area contributed by atoms with E-state index in [9.17, 15) is 4.79 Å². The van der Waals surface area contributed by atoms with Crippen LogP contribution in [0.1, 0.15) is 17.3 Å². The summed E-state index contributed by atoms with van der Waals surface area (Å²) in [6.45, 7) is 1.60. The first-order valence-electron chi connectivity index (χ1n) is 11.9. The van der Waals surface area contributed by atoms with Gasteiger partial charge in [-0.3, -0.25) is 4.79 Å². The Bertz CT molecular complexity index is 1620. The Hall–Kier alpha value is -4.49. The molecule has 0 aliphatic carbocycles. The van der Waals surface area contributed by atoms with E-state index in [1.54, 1.807) is 6.92 Å². The van der Waals surface area contributed by atoms with Gasteiger partial charge >= 0.3 is 0 Å². The smallest absolute Gasteiger partial charge is 0.159 e. The summed E-state index contributed by atoms with van der Waals surface area (Å²) in [6.07, 6.45) is 0. The van der Waals surface area contributed by atoms with Crippen molar-refractivity contribution in [3.8, 4) is 33.4 Å². The van der Waals surface area contributed by atoms with Gasteiger partial charge in [-0.1, -0.05) is 127 Å². The number of carbonyl (C=O) groups excluding carboxylic acids is 1. The molecule has 0 bridgehead atoms. The van der Waals surface area contributed by atoms with E-state index in [2.05, 4.69) is 103 Å². The van der Waals surface area contributed by atoms with Crippen molar-refractivity contribution in [2.75, 3.05) is 0 Å². The average molecular weight is 449 g/mol. The van der Waals surface area contributed by atoms with Crippen molar-refractivity contribution in [2.45, 2.75) is 6.92 Å². The molecule has 0 spiro atoms. The van der Waals surface area contributed by atoms with Crippen LogP contribution in [0.2, 0.25) is 0 Å². The van der Waals surface area contributed by atoms with Gasteiger partial charge in [0, 0.05) is 5.56 Å². The summed E-state index contributed by atoms with van der Waals surface area (Å²) in [4.78, 5) is 11.6. The van der Waals surface area contributed by atoms with E-state index in [-0.39, 0.29) is 5.78 Å². The molecule has 0 radical (unpaired) electrons. The Morgan fingerprint density at radius 3 is 1.17 bits per heavy atom. The van der Waals surface area contributed by atoms with Crippen molar-refractivity contribution in [3.63, 3.8) is 0 Å². The van der Waals surface area contributed by atoms with Crippen molar-refractivity contribution in [3.05, 3.63) is 133 Å². The highest BCUT2D eigenvalue weighted by molar-refractivity contribution is 6.21. The summed E-state index contributed by atoms with van der Waals surface area (Å²) >= 11 is 0. The molecule has 6 rings (SSSR count). The third kappa shape index (κ3) is 3.72. The molecule has 1 nitrogen and oxygen atoms in total. The summed E-state index contributed by atoms with van der Waals surface area (Å²) in [7, 11) is 0. The maximum atomic E-state index is 11.6. The Morgan fingerprint density at radius 1 is 0.400 bits per heavy atom. The molecule has 0 N–H and O–H groups in total. The third-order valence-electron chi connectivity index (χ3n) is 6.79. The fraction of sp³-hybridized carbons (Fsp3) is 0.0294. The van der Waals surface area contributed by atoms with E-state index < -0.39 is 0 Å². The van der Waals surface area contributed by atoms with Crippen molar-refractivity contribution in [1.29, 1.82) is 0 Å². The molecule has 6 aromatic carbocycles. The van der Waals surface area contributed by atoms with E-state index in [1.807, 2.05) is 24.3 Å². The monoisotopic (exact) mass is 448 g/mol. The Balaban J connectivity index is 1.55. The minimum atomic E-state index is 0.0876. The highest BCUT2D eigenvalue weighted by Crippen LogP contribution is 2.43. The first kappa shape index (κ1) is 21.1. The number of Topliss-reactive ketones (excluding diaryl/α,β-unsaturated/α-hetero) is 1. The van der Waals surface area contributed by atoms with Crippen LogP contribution in [0.5, 0.6) is 0 Å². The molecule has 0 atom stereocenters. The summed E-state index contributed by atoms with van der Waals surface area (Å²) in [5.41, 5.74) is 7.95. The Kier molecular flexibility index (Phi) is 5.24. The van der Waals surface area contributed by atoms with Crippen molar-refractivity contribution < 1.29 is 4.79 Å². The van der Waals surface area contributed by atoms with Crippen molar-refractivity contribution in [2.24, 2.45) is 0 Å². The van der Waals surface area contributed by atoms with E-state index in [4.69, 9.17) is 0 Å². The van der Waals surface area contributed by atoms with Crippen LogP contribution < -0.4 is 0 Å². The number of carbonyl (C=O) groups is 1. The fourth-order valence-electron chi connectivity index (χ4n) is 5.08. The van der Waals surface area contributed by atoms with Crippen LogP contribution in [0.3, 0.4) is 0 Å². The molecule has 0 aliphatic heterocycles. The fourth-order valence-corrected chi connectivity index (χ4v) is 5.08. The zero-order valence-corrected chi connectivity index (χ0v) is 19.5. The maximum absolute atomic E-state index is 11.6. The number of ketones is 1. The van der Waals surface area contributed by atoms with Gasteiger partial charge in [0.25, 0.3) is 0 Å². The predicted octanol–water partition coefficient (Wildman–Crippen LogP) is 9.20. The SMILES string of the molecule is CC(=O)c1ccc(-c2ccc(-c3c4ccccc4c(-c4ccccc4)c4ccccc34)cc2)cc1. The molecule has 1 heteroatoms. The van der Waals surface area contributed by atoms with Gasteiger partial charge in [0.15, 0.2) is 5.78 Å². The molecule has 0 fully saturated rings. The Labute approximate surface area is 205 Å². The van der Waals surface area contributed by atoms with Gasteiger partial charge in [0.05, 0.1) is 0 Å². The molecule has 0 saturated carbocycles. The van der Waals surface area contributed by atoms with Gasteiger partial charge in [0.1, 0.15) is 0 Å². The molecule has 0 aliphatic rings. The van der Waals surface area contributed by atoms with Gasteiger partial charge < -0.3 is 0 Å². The van der Waals surface area contributed by atoms with Gasteiger partial charge in [-0.05, 0) is 61.8 Å². The first-order valence-corrected chi connectivity index (χ1v) is 11.9. The largest absolute Gasteiger partial charge is 0.295 e. The molecule has 0 heterocycles. The van der Waals surface area contributed by atoms with Crippen LogP contribution in [0.25, 0.3) is 54.9 Å². The minimum absolute atomic E-state index is 0.0876. The standard InChI is InChI=1S/C34H24O/c1-23(35)24-15-17-25(18-16-24)26-19-21-28(22-20-26)34-31-13-7-5-11-29(31)33(27-9-3-2-4-10-27)30-12-6-8-14-32(30)34/h2-22H,1H3. The summed E-state index contributed by atoms with van der Waals surface area (Å²) in [5.74, 6) is 0.0876. The summed E-state index contributed by atoms with van der Waals surface area (Å²) < 4.78 is 0. The number of hydrogen-bond acceptors (Lipinski definition) is 1. The van der Waals surface area contributed by atoms with E-state index >= 15 is 0 Å². The van der Waals surface area contributed by atoms with Crippen molar-refractivity contribution in [1.82, 2.24) is 0 Å². The van der Waals surface area contributed by atoms with Crippen LogP contribution in [0.15, 0.2) is 127 Å². The molecule has 0 aromatic heterocycles. The lowest BCUT2D eigenvalue weighted by Gasteiger charge is -2.18. The maximum Gasteiger partial charge on any atom is 0.159 e. The molecule has 166 valence electrons. The second kappa shape index (κ2) is 8.70. The Morgan fingerprint density at radius 2 is 0.743 bits per heavy atom. The second-order valence-corrected chi connectivity index (χ2v) is 8.92. The molecule has 35 heavy (non-hydrogen) atoms. The number of hydrogen-bond donors (Lipinski definition) is 0. The molecular formula is C34H24O.